The number of fused-ring (bicyclic) bond motifs is 5. The third-order valence-corrected chi connectivity index (χ3v) is 10.0. The first kappa shape index (κ1) is 33.6. The van der Waals surface area contributed by atoms with Crippen LogP contribution in [0.15, 0.2) is 41.5 Å². The molecule has 50 heavy (non-hydrogen) atoms. The number of benzene rings is 1. The van der Waals surface area contributed by atoms with E-state index in [9.17, 15) is 14.4 Å². The monoisotopic (exact) mass is 685 g/mol. The number of anilines is 2. The maximum atomic E-state index is 16.3. The van der Waals surface area contributed by atoms with Gasteiger partial charge in [-0.25, -0.2) is 18.4 Å². The van der Waals surface area contributed by atoms with Gasteiger partial charge in [-0.1, -0.05) is 0 Å². The van der Waals surface area contributed by atoms with Gasteiger partial charge in [-0.15, -0.1) is 0 Å². The zero-order valence-electron chi connectivity index (χ0n) is 29.4. The maximum Gasteiger partial charge on any atom is 0.414 e. The normalized spacial score (nSPS) is 18.3. The highest BCUT2D eigenvalue weighted by Crippen LogP contribution is 2.52. The van der Waals surface area contributed by atoms with Crippen molar-refractivity contribution in [2.24, 2.45) is 5.92 Å². The SMILES string of the molecule is CCOC(=O)c1ccc2c(C)cc(-c3cnc4c(c3N3CC[C@H]5CN(C)CC53)-c3c(F)c(F)cc(N(C)C(=O)OC(C)(C)C)c3C4)cn2c1=O. The summed E-state index contributed by atoms with van der Waals surface area (Å²) in [5, 5.41) is 0. The number of aromatic nitrogens is 2. The second kappa shape index (κ2) is 12.2. The van der Waals surface area contributed by atoms with Crippen LogP contribution in [0.1, 0.15) is 61.3 Å². The standard InChI is InChI=1S/C38H41F2N5O5/c1-8-49-36(47)23-9-10-28-20(2)13-22(18-45(28)35(23)46)25-16-41-27-14-24-29(43(7)37(48)50-38(3,4)5)15-26(39)33(40)31(24)32(27)34(25)44-12-11-21-17-42(6)19-30(21)44/h9-10,13,15-16,18,21,30H,8,11-12,14,17,19H2,1-7H3/t21-,30?/m0/s1. The van der Waals surface area contributed by atoms with E-state index in [2.05, 4.69) is 16.8 Å². The number of carbonyl (C=O) groups excluding carboxylic acids is 2. The highest BCUT2D eigenvalue weighted by Gasteiger charge is 2.44. The number of pyridine rings is 3. The minimum Gasteiger partial charge on any atom is -0.462 e. The number of hydrogen-bond donors (Lipinski definition) is 0. The van der Waals surface area contributed by atoms with Crippen molar-refractivity contribution in [1.29, 1.82) is 0 Å². The summed E-state index contributed by atoms with van der Waals surface area (Å²) in [6, 6.07) is 6.30. The summed E-state index contributed by atoms with van der Waals surface area (Å²) in [4.78, 5) is 50.1. The van der Waals surface area contributed by atoms with Crippen LogP contribution >= 0.6 is 0 Å². The molecule has 2 fully saturated rings. The number of hydrogen-bond acceptors (Lipinski definition) is 8. The van der Waals surface area contributed by atoms with E-state index in [1.807, 2.05) is 13.0 Å². The average molecular weight is 686 g/mol. The Labute approximate surface area is 289 Å². The number of nitrogens with zero attached hydrogens (tertiary/aromatic N) is 5. The number of likely N-dealkylation sites (tertiary alicyclic amines) is 1. The van der Waals surface area contributed by atoms with Crippen molar-refractivity contribution in [1.82, 2.24) is 14.3 Å². The number of halogens is 2. The lowest BCUT2D eigenvalue weighted by molar-refractivity contribution is 0.0522. The molecule has 0 saturated carbocycles. The van der Waals surface area contributed by atoms with E-state index < -0.39 is 34.9 Å². The predicted octanol–water partition coefficient (Wildman–Crippen LogP) is 6.21. The molecule has 0 spiro atoms. The van der Waals surface area contributed by atoms with Crippen molar-refractivity contribution < 1.29 is 27.8 Å². The number of esters is 1. The summed E-state index contributed by atoms with van der Waals surface area (Å²) in [7, 11) is 3.57. The van der Waals surface area contributed by atoms with E-state index in [4.69, 9.17) is 14.5 Å². The van der Waals surface area contributed by atoms with Gasteiger partial charge in [0, 0.05) is 79.9 Å². The summed E-state index contributed by atoms with van der Waals surface area (Å²) in [6.07, 6.45) is 3.83. The Morgan fingerprint density at radius 2 is 1.88 bits per heavy atom. The Morgan fingerprint density at radius 3 is 2.60 bits per heavy atom. The first-order valence-electron chi connectivity index (χ1n) is 17.0. The molecule has 5 heterocycles. The molecule has 0 radical (unpaired) electrons. The number of aryl methyl sites for hydroxylation is 1. The van der Waals surface area contributed by atoms with Gasteiger partial charge in [0.1, 0.15) is 11.2 Å². The highest BCUT2D eigenvalue weighted by molar-refractivity contribution is 5.99. The van der Waals surface area contributed by atoms with E-state index in [1.54, 1.807) is 46.2 Å². The Hall–Kier alpha value is -4.84. The molecule has 3 aromatic heterocycles. The molecular weight excluding hydrogens is 644 g/mol. The second-order valence-corrected chi connectivity index (χ2v) is 14.6. The van der Waals surface area contributed by atoms with Crippen LogP contribution in [0.2, 0.25) is 0 Å². The molecule has 1 aliphatic carbocycles. The second-order valence-electron chi connectivity index (χ2n) is 14.6. The zero-order chi connectivity index (χ0) is 35.8. The van der Waals surface area contributed by atoms with Gasteiger partial charge in [-0.2, -0.15) is 0 Å². The van der Waals surface area contributed by atoms with Gasteiger partial charge >= 0.3 is 12.1 Å². The molecule has 0 N–H and O–H groups in total. The predicted molar refractivity (Wildman–Crippen MR) is 187 cm³/mol. The van der Waals surface area contributed by atoms with Crippen LogP contribution < -0.4 is 15.4 Å². The fourth-order valence-corrected chi connectivity index (χ4v) is 7.88. The quantitative estimate of drug-likeness (QED) is 0.202. The van der Waals surface area contributed by atoms with Crippen LogP contribution in [0.25, 0.3) is 27.8 Å². The summed E-state index contributed by atoms with van der Waals surface area (Å²) in [5.74, 6) is -2.41. The molecule has 1 aromatic carbocycles. The Kier molecular flexibility index (Phi) is 8.20. The largest absolute Gasteiger partial charge is 0.462 e. The van der Waals surface area contributed by atoms with Gasteiger partial charge in [-0.3, -0.25) is 19.1 Å². The minimum atomic E-state index is -1.09. The van der Waals surface area contributed by atoms with Gasteiger partial charge in [0.15, 0.2) is 11.6 Å². The third kappa shape index (κ3) is 5.49. The van der Waals surface area contributed by atoms with Gasteiger partial charge in [0.25, 0.3) is 5.56 Å². The molecule has 12 heteroatoms. The number of carbonyl (C=O) groups is 2. The first-order chi connectivity index (χ1) is 23.7. The van der Waals surface area contributed by atoms with Crippen molar-refractivity contribution in [2.75, 3.05) is 50.1 Å². The van der Waals surface area contributed by atoms with Crippen molar-refractivity contribution in [3.63, 3.8) is 0 Å². The lowest BCUT2D eigenvalue weighted by Gasteiger charge is -2.31. The molecule has 2 aliphatic heterocycles. The lowest BCUT2D eigenvalue weighted by Crippen LogP contribution is -2.35. The van der Waals surface area contributed by atoms with Crippen LogP contribution in [0.3, 0.4) is 0 Å². The molecule has 0 bridgehead atoms. The molecule has 3 aliphatic rings. The molecule has 10 nitrogen and oxygen atoms in total. The minimum absolute atomic E-state index is 0.0730. The van der Waals surface area contributed by atoms with E-state index in [1.165, 1.54) is 22.4 Å². The molecule has 262 valence electrons. The molecule has 1 unspecified atom stereocenters. The van der Waals surface area contributed by atoms with E-state index in [-0.39, 0.29) is 35.9 Å². The summed E-state index contributed by atoms with van der Waals surface area (Å²) >= 11 is 0. The molecule has 2 saturated heterocycles. The van der Waals surface area contributed by atoms with Crippen LogP contribution in [0.4, 0.5) is 25.0 Å². The Balaban J connectivity index is 1.47. The van der Waals surface area contributed by atoms with Gasteiger partial charge < -0.3 is 19.3 Å². The zero-order valence-corrected chi connectivity index (χ0v) is 29.4. The average Bonchev–Trinajstić information content (AvgIpc) is 3.74. The lowest BCUT2D eigenvalue weighted by atomic mass is 9.95. The molecule has 7 rings (SSSR count). The van der Waals surface area contributed by atoms with E-state index >= 15 is 8.78 Å². The van der Waals surface area contributed by atoms with Crippen LogP contribution in [-0.4, -0.2) is 78.3 Å². The fourth-order valence-electron chi connectivity index (χ4n) is 7.88. The molecule has 1 amide bonds. The molecule has 4 aromatic rings. The number of rotatable bonds is 5. The van der Waals surface area contributed by atoms with Gasteiger partial charge in [0.05, 0.1) is 29.2 Å². The summed E-state index contributed by atoms with van der Waals surface area (Å²) < 4.78 is 44.1. The number of ether oxygens (including phenoxy) is 2. The van der Waals surface area contributed by atoms with Crippen LogP contribution in [0, 0.1) is 24.5 Å². The van der Waals surface area contributed by atoms with Crippen molar-refractivity contribution in [3.05, 3.63) is 81.0 Å². The maximum absolute atomic E-state index is 16.3. The van der Waals surface area contributed by atoms with Crippen molar-refractivity contribution in [3.8, 4) is 22.3 Å². The Bertz CT molecular complexity index is 2140. The van der Waals surface area contributed by atoms with Crippen molar-refractivity contribution >= 4 is 29.0 Å². The molecular formula is C38H41F2N5O5. The molecule has 2 atom stereocenters. The van der Waals surface area contributed by atoms with Gasteiger partial charge in [-0.05, 0) is 83.3 Å². The topological polar surface area (TPSA) is 96.7 Å². The summed E-state index contributed by atoms with van der Waals surface area (Å²) in [6.45, 7) is 11.3. The Morgan fingerprint density at radius 1 is 1.12 bits per heavy atom. The fraction of sp³-hybridized carbons (Fsp3) is 0.421. The van der Waals surface area contributed by atoms with E-state index in [0.29, 0.717) is 51.6 Å². The number of likely N-dealkylation sites (N-methyl/N-ethyl adjacent to an activating group) is 1. The van der Waals surface area contributed by atoms with Crippen LogP contribution in [-0.2, 0) is 15.9 Å². The smallest absolute Gasteiger partial charge is 0.414 e. The van der Waals surface area contributed by atoms with Gasteiger partial charge in [0.2, 0.25) is 0 Å². The van der Waals surface area contributed by atoms with Crippen molar-refractivity contribution in [2.45, 2.75) is 59.1 Å². The summed E-state index contributed by atoms with van der Waals surface area (Å²) in [5.41, 5.74) is 3.76. The highest BCUT2D eigenvalue weighted by atomic mass is 19.2. The van der Waals surface area contributed by atoms with E-state index in [0.717, 1.165) is 31.1 Å². The number of amides is 1. The third-order valence-electron chi connectivity index (χ3n) is 10.0. The van der Waals surface area contributed by atoms with Crippen LogP contribution in [0.5, 0.6) is 0 Å². The first-order valence-corrected chi connectivity index (χ1v) is 17.0.